The number of aromatic nitrogens is 2. The van der Waals surface area contributed by atoms with Crippen LogP contribution >= 0.6 is 0 Å². The number of hydrogen-bond donors (Lipinski definition) is 1. The molecule has 2 fully saturated rings. The van der Waals surface area contributed by atoms with E-state index in [1.54, 1.807) is 4.57 Å². The summed E-state index contributed by atoms with van der Waals surface area (Å²) in [6.45, 7) is 2.12. The van der Waals surface area contributed by atoms with E-state index in [1.807, 2.05) is 11.2 Å². The van der Waals surface area contributed by atoms with Gasteiger partial charge >= 0.3 is 18.2 Å². The minimum atomic E-state index is -4.72. The number of nitrogens with one attached hydrogen (secondary N) is 1. The molecule has 15 heteroatoms. The molecular weight excluding hydrogens is 535 g/mol. The molecule has 1 N–H and O–H groups in total. The lowest BCUT2D eigenvalue weighted by molar-refractivity contribution is -0.389. The SMILES string of the molecule is O=[N+]([O-])c1cn2c(n1)OC[C@@H](NCN1C=NC(N3C4CCC3CC(Oc3ccc(OC(F)(F)F)cc3)C4)=CC1)C2. The summed E-state index contributed by atoms with van der Waals surface area (Å²) >= 11 is 0. The lowest BCUT2D eigenvalue weighted by Crippen LogP contribution is -2.48. The van der Waals surface area contributed by atoms with Crippen LogP contribution < -0.4 is 19.5 Å². The molecule has 12 nitrogen and oxygen atoms in total. The van der Waals surface area contributed by atoms with Crippen molar-refractivity contribution in [2.75, 3.05) is 19.8 Å². The lowest BCUT2D eigenvalue weighted by Gasteiger charge is -2.41. The Labute approximate surface area is 227 Å². The Hall–Kier alpha value is -4.01. The zero-order valence-electron chi connectivity index (χ0n) is 21.4. The van der Waals surface area contributed by atoms with E-state index < -0.39 is 11.3 Å². The van der Waals surface area contributed by atoms with Crippen LogP contribution in [-0.2, 0) is 6.54 Å². The highest BCUT2D eigenvalue weighted by Gasteiger charge is 2.43. The quantitative estimate of drug-likeness (QED) is 0.381. The number of hydrogen-bond acceptors (Lipinski definition) is 10. The molecule has 214 valence electrons. The summed E-state index contributed by atoms with van der Waals surface area (Å²) in [4.78, 5) is 23.4. The summed E-state index contributed by atoms with van der Waals surface area (Å²) in [7, 11) is 0. The van der Waals surface area contributed by atoms with Crippen LogP contribution in [0.3, 0.4) is 0 Å². The van der Waals surface area contributed by atoms with E-state index in [0.717, 1.165) is 31.5 Å². The molecule has 5 heterocycles. The van der Waals surface area contributed by atoms with Crippen LogP contribution in [0.25, 0.3) is 0 Å². The van der Waals surface area contributed by atoms with E-state index in [0.29, 0.717) is 32.1 Å². The van der Waals surface area contributed by atoms with E-state index in [-0.39, 0.29) is 41.8 Å². The van der Waals surface area contributed by atoms with Crippen molar-refractivity contribution in [3.63, 3.8) is 0 Å². The molecule has 6 rings (SSSR count). The van der Waals surface area contributed by atoms with Gasteiger partial charge in [0.05, 0.1) is 19.0 Å². The summed E-state index contributed by atoms with van der Waals surface area (Å²) in [5, 5.41) is 14.3. The smallest absolute Gasteiger partial charge is 0.490 e. The van der Waals surface area contributed by atoms with Crippen molar-refractivity contribution in [3.05, 3.63) is 52.5 Å². The number of benzene rings is 1. The number of nitrogens with zero attached hydrogens (tertiary/aromatic N) is 6. The Morgan fingerprint density at radius 1 is 1.15 bits per heavy atom. The second-order valence-corrected chi connectivity index (χ2v) is 10.3. The van der Waals surface area contributed by atoms with Crippen LogP contribution in [-0.4, -0.2) is 81.0 Å². The maximum absolute atomic E-state index is 12.4. The average Bonchev–Trinajstić information content (AvgIpc) is 3.46. The minimum Gasteiger partial charge on any atom is -0.490 e. The van der Waals surface area contributed by atoms with E-state index in [9.17, 15) is 23.3 Å². The van der Waals surface area contributed by atoms with E-state index >= 15 is 0 Å². The fraction of sp³-hybridized carbons (Fsp3) is 0.520. The van der Waals surface area contributed by atoms with Crippen molar-refractivity contribution < 1.29 is 32.3 Å². The summed E-state index contributed by atoms with van der Waals surface area (Å²) < 4.78 is 54.4. The van der Waals surface area contributed by atoms with E-state index in [4.69, 9.17) is 14.5 Å². The first-order valence-corrected chi connectivity index (χ1v) is 13.1. The van der Waals surface area contributed by atoms with Crippen LogP contribution in [0.4, 0.5) is 19.0 Å². The first-order chi connectivity index (χ1) is 19.2. The number of ether oxygens (including phenoxy) is 3. The number of nitro groups is 1. The predicted molar refractivity (Wildman–Crippen MR) is 135 cm³/mol. The van der Waals surface area contributed by atoms with Gasteiger partial charge in [-0.3, -0.25) is 9.88 Å². The molecule has 2 bridgehead atoms. The highest BCUT2D eigenvalue weighted by Crippen LogP contribution is 2.40. The third kappa shape index (κ3) is 5.78. The maximum Gasteiger partial charge on any atom is 0.573 e. The number of fused-ring (bicyclic) bond motifs is 3. The van der Waals surface area contributed by atoms with Gasteiger partial charge in [0.15, 0.2) is 0 Å². The Kier molecular flexibility index (Phi) is 6.90. The molecule has 0 amide bonds. The third-order valence-electron chi connectivity index (χ3n) is 7.50. The predicted octanol–water partition coefficient (Wildman–Crippen LogP) is 3.26. The maximum atomic E-state index is 12.4. The molecule has 0 aliphatic carbocycles. The Bertz CT molecular complexity index is 1280. The fourth-order valence-electron chi connectivity index (χ4n) is 5.78. The normalized spacial score (nSPS) is 25.7. The average molecular weight is 564 g/mol. The van der Waals surface area contributed by atoms with Crippen LogP contribution in [0, 0.1) is 10.1 Å². The molecule has 2 aromatic rings. The van der Waals surface area contributed by atoms with Crippen molar-refractivity contribution >= 4 is 12.2 Å². The fourth-order valence-corrected chi connectivity index (χ4v) is 5.78. The summed E-state index contributed by atoms with van der Waals surface area (Å²) in [5.41, 5.74) is 0. The summed E-state index contributed by atoms with van der Waals surface area (Å²) in [5.74, 6) is 0.977. The molecule has 4 aliphatic rings. The number of alkyl halides is 3. The zero-order chi connectivity index (χ0) is 27.9. The van der Waals surface area contributed by atoms with Gasteiger partial charge in [-0.05, 0) is 48.1 Å². The van der Waals surface area contributed by atoms with Gasteiger partial charge in [0.1, 0.15) is 36.2 Å². The molecule has 1 aromatic carbocycles. The first-order valence-electron chi connectivity index (χ1n) is 13.1. The van der Waals surface area contributed by atoms with Crippen molar-refractivity contribution in [2.24, 2.45) is 4.99 Å². The van der Waals surface area contributed by atoms with Crippen LogP contribution in [0.2, 0.25) is 0 Å². The molecule has 1 aromatic heterocycles. The van der Waals surface area contributed by atoms with Gasteiger partial charge in [-0.25, -0.2) is 4.99 Å². The number of aliphatic imine (C=N–C) groups is 1. The van der Waals surface area contributed by atoms with Crippen molar-refractivity contribution in [1.29, 1.82) is 0 Å². The van der Waals surface area contributed by atoms with Gasteiger partial charge in [-0.1, -0.05) is 0 Å². The molecule has 0 saturated carbocycles. The van der Waals surface area contributed by atoms with Gasteiger partial charge in [-0.2, -0.15) is 0 Å². The first kappa shape index (κ1) is 26.2. The zero-order valence-corrected chi connectivity index (χ0v) is 21.4. The number of imidazole rings is 1. The van der Waals surface area contributed by atoms with E-state index in [1.165, 1.54) is 30.5 Å². The van der Waals surface area contributed by atoms with Crippen molar-refractivity contribution in [3.8, 4) is 17.5 Å². The highest BCUT2D eigenvalue weighted by molar-refractivity contribution is 5.58. The van der Waals surface area contributed by atoms with Gasteiger partial charge in [0, 0.05) is 43.0 Å². The monoisotopic (exact) mass is 563 g/mol. The Morgan fingerprint density at radius 2 is 1.88 bits per heavy atom. The second kappa shape index (κ2) is 10.5. The molecule has 0 spiro atoms. The number of piperidine rings is 1. The molecule has 40 heavy (non-hydrogen) atoms. The minimum absolute atomic E-state index is 0.0211. The van der Waals surface area contributed by atoms with Crippen molar-refractivity contribution in [2.45, 2.75) is 62.8 Å². The lowest BCUT2D eigenvalue weighted by atomic mass is 9.99. The molecular formula is C25H28F3N7O5. The van der Waals surface area contributed by atoms with Crippen LogP contribution in [0.1, 0.15) is 25.7 Å². The second-order valence-electron chi connectivity index (χ2n) is 10.3. The van der Waals surface area contributed by atoms with Crippen molar-refractivity contribution in [1.82, 2.24) is 24.7 Å². The van der Waals surface area contributed by atoms with Crippen LogP contribution in [0.15, 0.2) is 47.4 Å². The summed E-state index contributed by atoms with van der Waals surface area (Å²) in [6.07, 6.45) is 4.28. The topological polar surface area (TPSA) is 120 Å². The standard InChI is InChI=1S/C25H28F3N7O5/c26-25(27,28)40-20-5-3-19(4-6-20)39-21-9-17-1-2-18(10-21)34(17)22-7-8-32(15-30-22)14-29-16-11-33-12-23(35(36)37)31-24(33)38-13-16/h3-7,12,15-18,21,29H,1-2,8-11,13-14H2/t16-,17?,18?,21?/m0/s1. The summed E-state index contributed by atoms with van der Waals surface area (Å²) in [6, 6.07) is 6.34. The van der Waals surface area contributed by atoms with Gasteiger partial charge in [0.25, 0.3) is 0 Å². The molecule has 2 saturated heterocycles. The molecule has 4 aliphatic heterocycles. The number of rotatable bonds is 8. The van der Waals surface area contributed by atoms with Gasteiger partial charge < -0.3 is 34.1 Å². The number of halogens is 3. The molecule has 0 radical (unpaired) electrons. The van der Waals surface area contributed by atoms with Gasteiger partial charge in [0.2, 0.25) is 0 Å². The molecule has 2 unspecified atom stereocenters. The highest BCUT2D eigenvalue weighted by atomic mass is 19.4. The third-order valence-corrected chi connectivity index (χ3v) is 7.50. The van der Waals surface area contributed by atoms with Crippen LogP contribution in [0.5, 0.6) is 17.5 Å². The van der Waals surface area contributed by atoms with E-state index in [2.05, 4.69) is 26.0 Å². The molecule has 3 atom stereocenters. The Balaban J connectivity index is 0.976. The van der Waals surface area contributed by atoms with Gasteiger partial charge in [-0.15, -0.1) is 13.2 Å². The Morgan fingerprint density at radius 3 is 2.52 bits per heavy atom. The largest absolute Gasteiger partial charge is 0.573 e.